The van der Waals surface area contributed by atoms with Gasteiger partial charge < -0.3 is 34.6 Å². The number of aliphatic hydroxyl groups is 4. The van der Waals surface area contributed by atoms with Crippen molar-refractivity contribution in [2.75, 3.05) is 13.2 Å². The van der Waals surface area contributed by atoms with Crippen LogP contribution in [0.15, 0.2) is 11.6 Å². The highest BCUT2D eigenvalue weighted by Gasteiger charge is 2.68. The number of hydrogen-bond donors (Lipinski definition) is 4. The van der Waals surface area contributed by atoms with Crippen LogP contribution in [0.1, 0.15) is 71.6 Å². The second kappa shape index (κ2) is 8.75. The summed E-state index contributed by atoms with van der Waals surface area (Å²) in [5.41, 5.74) is -0.158. The molecule has 4 aliphatic carbocycles. The molecule has 202 valence electrons. The summed E-state index contributed by atoms with van der Waals surface area (Å²) >= 11 is 0. The Morgan fingerprint density at radius 1 is 0.972 bits per heavy atom. The molecular weight excluding hydrogens is 464 g/mol. The van der Waals surface area contributed by atoms with Crippen LogP contribution in [-0.2, 0) is 19.0 Å². The molecular formula is C28H42O8. The zero-order chi connectivity index (χ0) is 25.5. The molecule has 8 heteroatoms. The van der Waals surface area contributed by atoms with Crippen LogP contribution in [0.5, 0.6) is 0 Å². The quantitative estimate of drug-likeness (QED) is 0.339. The zero-order valence-corrected chi connectivity index (χ0v) is 21.5. The fraction of sp³-hybridized carbons (Fsp3) is 0.893. The van der Waals surface area contributed by atoms with Gasteiger partial charge in [0.1, 0.15) is 24.9 Å². The third kappa shape index (κ3) is 3.51. The highest BCUT2D eigenvalue weighted by molar-refractivity contribution is 5.91. The number of fused-ring (bicyclic) bond motifs is 5. The summed E-state index contributed by atoms with van der Waals surface area (Å²) in [5.74, 6) is 1.01. The maximum atomic E-state index is 12.4. The number of aliphatic hydroxyl groups excluding tert-OH is 3. The van der Waals surface area contributed by atoms with Gasteiger partial charge in [0, 0.05) is 11.0 Å². The van der Waals surface area contributed by atoms with Gasteiger partial charge in [-0.05, 0) is 93.0 Å². The van der Waals surface area contributed by atoms with E-state index in [1.54, 1.807) is 0 Å². The SMILES string of the molecule is C[C@]12CC[C@H](OC3OC[C@H](O)[C@@H](O)[C@@H]3O)C[C@H]1CC[C@@H]1[C@@H]2CC[C@]2(C)[C@@H](C3=CCOC3=O)CC[C@]12O. The van der Waals surface area contributed by atoms with E-state index in [4.69, 9.17) is 14.2 Å². The summed E-state index contributed by atoms with van der Waals surface area (Å²) in [7, 11) is 0. The molecule has 0 radical (unpaired) electrons. The lowest BCUT2D eigenvalue weighted by atomic mass is 9.43. The minimum atomic E-state index is -1.26. The molecule has 8 nitrogen and oxygen atoms in total. The van der Waals surface area contributed by atoms with E-state index >= 15 is 0 Å². The Labute approximate surface area is 213 Å². The molecule has 12 atom stereocenters. The molecule has 1 unspecified atom stereocenters. The number of ether oxygens (including phenoxy) is 3. The highest BCUT2D eigenvalue weighted by Crippen LogP contribution is 2.70. The van der Waals surface area contributed by atoms with E-state index in [2.05, 4.69) is 13.8 Å². The Kier molecular flexibility index (Phi) is 6.14. The van der Waals surface area contributed by atoms with Gasteiger partial charge in [-0.3, -0.25) is 0 Å². The Balaban J connectivity index is 1.17. The van der Waals surface area contributed by atoms with Crippen LogP contribution >= 0.6 is 0 Å². The van der Waals surface area contributed by atoms with Gasteiger partial charge in [-0.25, -0.2) is 4.79 Å². The molecule has 2 aliphatic heterocycles. The lowest BCUT2D eigenvalue weighted by Crippen LogP contribution is -2.62. The van der Waals surface area contributed by atoms with Crippen LogP contribution < -0.4 is 0 Å². The summed E-state index contributed by atoms with van der Waals surface area (Å²) in [6.45, 7) is 4.93. The van der Waals surface area contributed by atoms with E-state index in [1.165, 1.54) is 0 Å². The predicted octanol–water partition coefficient (Wildman–Crippen LogP) is 2.07. The molecule has 36 heavy (non-hydrogen) atoms. The van der Waals surface area contributed by atoms with Crippen molar-refractivity contribution < 1.29 is 39.4 Å². The van der Waals surface area contributed by atoms with Crippen molar-refractivity contribution in [3.63, 3.8) is 0 Å². The Bertz CT molecular complexity index is 921. The van der Waals surface area contributed by atoms with E-state index in [0.29, 0.717) is 18.4 Å². The molecule has 0 aromatic rings. The van der Waals surface area contributed by atoms with Crippen molar-refractivity contribution in [1.82, 2.24) is 0 Å². The van der Waals surface area contributed by atoms with Crippen molar-refractivity contribution in [2.24, 2.45) is 34.5 Å². The zero-order valence-electron chi connectivity index (χ0n) is 21.5. The molecule has 0 amide bonds. The van der Waals surface area contributed by atoms with Crippen molar-refractivity contribution in [3.8, 4) is 0 Å². The van der Waals surface area contributed by atoms with E-state index < -0.39 is 30.2 Å². The van der Waals surface area contributed by atoms with Gasteiger partial charge in [0.2, 0.25) is 0 Å². The van der Waals surface area contributed by atoms with E-state index in [1.807, 2.05) is 6.08 Å². The fourth-order valence-corrected chi connectivity index (χ4v) is 9.55. The fourth-order valence-electron chi connectivity index (χ4n) is 9.55. The first-order valence-electron chi connectivity index (χ1n) is 14.0. The van der Waals surface area contributed by atoms with Gasteiger partial charge in [0.15, 0.2) is 6.29 Å². The van der Waals surface area contributed by atoms with Crippen LogP contribution in [0.4, 0.5) is 0 Å². The summed E-state index contributed by atoms with van der Waals surface area (Å²) < 4.78 is 16.9. The molecule has 0 aromatic heterocycles. The average molecular weight is 507 g/mol. The van der Waals surface area contributed by atoms with E-state index in [0.717, 1.165) is 63.4 Å². The topological polar surface area (TPSA) is 126 Å². The highest BCUT2D eigenvalue weighted by atomic mass is 16.7. The van der Waals surface area contributed by atoms with Gasteiger partial charge in [0.05, 0.1) is 18.3 Å². The molecule has 1 saturated heterocycles. The van der Waals surface area contributed by atoms with Crippen LogP contribution in [0.2, 0.25) is 0 Å². The van der Waals surface area contributed by atoms with Gasteiger partial charge >= 0.3 is 5.97 Å². The number of esters is 1. The number of carbonyl (C=O) groups excluding carboxylic acids is 1. The largest absolute Gasteiger partial charge is 0.458 e. The standard InChI is InChI=1S/C28H42O8/c1-26-9-5-16(36-25-23(31)22(30)21(29)14-35-25)13-15(26)3-4-20-19(26)6-10-27(2)18(7-11-28(20,27)33)17-8-12-34-24(17)32/h8,15-16,18-23,25,29-31,33H,3-7,9-14H2,1-2H3/t15-,16+,18-,19+,20-,21+,22-,23+,25?,26+,27-,28+/m1/s1. The molecule has 0 spiro atoms. The van der Waals surface area contributed by atoms with E-state index in [9.17, 15) is 25.2 Å². The second-order valence-electron chi connectivity index (χ2n) is 13.0. The van der Waals surface area contributed by atoms with Crippen LogP contribution in [0.3, 0.4) is 0 Å². The maximum Gasteiger partial charge on any atom is 0.334 e. The van der Waals surface area contributed by atoms with Crippen molar-refractivity contribution in [3.05, 3.63) is 11.6 Å². The minimum Gasteiger partial charge on any atom is -0.458 e. The van der Waals surface area contributed by atoms with Crippen molar-refractivity contribution in [1.29, 1.82) is 0 Å². The van der Waals surface area contributed by atoms with Gasteiger partial charge in [-0.15, -0.1) is 0 Å². The van der Waals surface area contributed by atoms with Gasteiger partial charge in [-0.1, -0.05) is 13.8 Å². The minimum absolute atomic E-state index is 0.0481. The normalized spacial score (nSPS) is 54.8. The molecule has 2 heterocycles. The number of carbonyl (C=O) groups is 1. The lowest BCUT2D eigenvalue weighted by Gasteiger charge is -2.63. The third-order valence-corrected chi connectivity index (χ3v) is 11.7. The number of rotatable bonds is 3. The average Bonchev–Trinajstić information content (AvgIpc) is 3.39. The van der Waals surface area contributed by atoms with Crippen LogP contribution in [0, 0.1) is 34.5 Å². The number of hydrogen-bond acceptors (Lipinski definition) is 8. The molecule has 5 fully saturated rings. The number of cyclic esters (lactones) is 1. The van der Waals surface area contributed by atoms with Crippen molar-refractivity contribution >= 4 is 5.97 Å². The molecule has 0 bridgehead atoms. The molecule has 0 aromatic carbocycles. The lowest BCUT2D eigenvalue weighted by molar-refractivity contribution is -0.290. The summed E-state index contributed by atoms with van der Waals surface area (Å²) in [4.78, 5) is 12.4. The first-order chi connectivity index (χ1) is 17.1. The van der Waals surface area contributed by atoms with Crippen LogP contribution in [-0.4, -0.2) is 75.9 Å². The van der Waals surface area contributed by atoms with Gasteiger partial charge in [-0.2, -0.15) is 0 Å². The van der Waals surface area contributed by atoms with Crippen LogP contribution in [0.25, 0.3) is 0 Å². The Hall–Kier alpha value is -1.03. The molecule has 6 aliphatic rings. The second-order valence-corrected chi connectivity index (χ2v) is 13.0. The predicted molar refractivity (Wildman–Crippen MR) is 128 cm³/mol. The monoisotopic (exact) mass is 506 g/mol. The summed E-state index contributed by atoms with van der Waals surface area (Å²) in [6.07, 6.45) is 5.63. The summed E-state index contributed by atoms with van der Waals surface area (Å²) in [6, 6.07) is 0. The van der Waals surface area contributed by atoms with E-state index in [-0.39, 0.29) is 41.3 Å². The first kappa shape index (κ1) is 25.3. The third-order valence-electron chi connectivity index (χ3n) is 11.7. The Morgan fingerprint density at radius 3 is 2.53 bits per heavy atom. The Morgan fingerprint density at radius 2 is 1.78 bits per heavy atom. The van der Waals surface area contributed by atoms with Gasteiger partial charge in [0.25, 0.3) is 0 Å². The molecule has 4 saturated carbocycles. The maximum absolute atomic E-state index is 12.4. The smallest absolute Gasteiger partial charge is 0.334 e. The molecule has 6 rings (SSSR count). The summed E-state index contributed by atoms with van der Waals surface area (Å²) in [5, 5.41) is 42.4. The van der Waals surface area contributed by atoms with Crippen molar-refractivity contribution in [2.45, 2.75) is 108 Å². The first-order valence-corrected chi connectivity index (χ1v) is 14.0. The molecule has 4 N–H and O–H groups in total.